The molecule has 0 spiro atoms. The minimum absolute atomic E-state index is 0.228. The number of nitrogens with one attached hydrogen (secondary N) is 1. The fraction of sp³-hybridized carbons (Fsp3) is 0.429. The Morgan fingerprint density at radius 3 is 2.94 bits per heavy atom. The van der Waals surface area contributed by atoms with Crippen LogP contribution in [-0.4, -0.2) is 11.7 Å². The lowest BCUT2D eigenvalue weighted by atomic mass is 9.97. The molecule has 0 bridgehead atoms. The molecule has 1 aliphatic heterocycles. The number of aromatic hydroxyl groups is 1. The number of halogens is 1. The molecule has 0 saturated carbocycles. The SMILES string of the molecule is CC(C)c1c(Cl)cc(O)c2c3c(oc12)CNCC3. The molecule has 0 radical (unpaired) electrons. The van der Waals surface area contributed by atoms with Gasteiger partial charge in [-0.15, -0.1) is 0 Å². The summed E-state index contributed by atoms with van der Waals surface area (Å²) < 4.78 is 5.94. The van der Waals surface area contributed by atoms with E-state index in [1.54, 1.807) is 6.07 Å². The average Bonchev–Trinajstić information content (AvgIpc) is 2.66. The lowest BCUT2D eigenvalue weighted by molar-refractivity contribution is 0.480. The van der Waals surface area contributed by atoms with Crippen molar-refractivity contribution in [1.29, 1.82) is 0 Å². The van der Waals surface area contributed by atoms with Gasteiger partial charge < -0.3 is 14.8 Å². The van der Waals surface area contributed by atoms with Crippen molar-refractivity contribution in [2.45, 2.75) is 32.7 Å². The van der Waals surface area contributed by atoms with Crippen LogP contribution in [0.3, 0.4) is 0 Å². The molecule has 96 valence electrons. The topological polar surface area (TPSA) is 45.4 Å². The molecule has 0 unspecified atom stereocenters. The highest BCUT2D eigenvalue weighted by atomic mass is 35.5. The molecule has 18 heavy (non-hydrogen) atoms. The first kappa shape index (κ1) is 11.9. The van der Waals surface area contributed by atoms with Gasteiger partial charge in [-0.05, 0) is 24.9 Å². The van der Waals surface area contributed by atoms with Crippen LogP contribution in [0.4, 0.5) is 0 Å². The van der Waals surface area contributed by atoms with Gasteiger partial charge in [-0.3, -0.25) is 0 Å². The van der Waals surface area contributed by atoms with Crippen LogP contribution in [0, 0.1) is 0 Å². The molecule has 0 amide bonds. The summed E-state index contributed by atoms with van der Waals surface area (Å²) >= 11 is 6.23. The van der Waals surface area contributed by atoms with Crippen molar-refractivity contribution in [1.82, 2.24) is 5.32 Å². The molecular formula is C14H16ClNO2. The van der Waals surface area contributed by atoms with Crippen LogP contribution in [0.25, 0.3) is 11.0 Å². The molecule has 1 aliphatic rings. The highest BCUT2D eigenvalue weighted by Gasteiger charge is 2.24. The molecule has 1 aromatic carbocycles. The lowest BCUT2D eigenvalue weighted by Gasteiger charge is -2.11. The van der Waals surface area contributed by atoms with Crippen molar-refractivity contribution in [3.05, 3.63) is 28.0 Å². The fourth-order valence-electron chi connectivity index (χ4n) is 2.71. The maximum atomic E-state index is 10.1. The van der Waals surface area contributed by atoms with E-state index in [4.69, 9.17) is 16.0 Å². The largest absolute Gasteiger partial charge is 0.507 e. The third-order valence-corrected chi connectivity index (χ3v) is 3.84. The van der Waals surface area contributed by atoms with Gasteiger partial charge in [-0.2, -0.15) is 0 Å². The van der Waals surface area contributed by atoms with E-state index >= 15 is 0 Å². The van der Waals surface area contributed by atoms with E-state index in [2.05, 4.69) is 19.2 Å². The third-order valence-electron chi connectivity index (χ3n) is 3.53. The average molecular weight is 266 g/mol. The zero-order chi connectivity index (χ0) is 12.9. The molecule has 0 aliphatic carbocycles. The van der Waals surface area contributed by atoms with Gasteiger partial charge in [0.2, 0.25) is 0 Å². The van der Waals surface area contributed by atoms with Gasteiger partial charge in [0.25, 0.3) is 0 Å². The standard InChI is InChI=1S/C14H16ClNO2/c1-7(2)12-9(15)5-10(17)13-8-3-4-16-6-11(8)18-14(12)13/h5,7,16-17H,3-4,6H2,1-2H3. The van der Waals surface area contributed by atoms with Crippen LogP contribution >= 0.6 is 11.6 Å². The molecular weight excluding hydrogens is 250 g/mol. The van der Waals surface area contributed by atoms with E-state index in [9.17, 15) is 5.11 Å². The molecule has 2 N–H and O–H groups in total. The number of furan rings is 1. The van der Waals surface area contributed by atoms with Gasteiger partial charge >= 0.3 is 0 Å². The Morgan fingerprint density at radius 1 is 1.44 bits per heavy atom. The predicted octanol–water partition coefficient (Wildman–Crippen LogP) is 3.56. The van der Waals surface area contributed by atoms with Crippen molar-refractivity contribution in [2.24, 2.45) is 0 Å². The fourth-order valence-corrected chi connectivity index (χ4v) is 3.12. The van der Waals surface area contributed by atoms with Crippen molar-refractivity contribution in [3.63, 3.8) is 0 Å². The molecule has 3 nitrogen and oxygen atoms in total. The molecule has 2 aromatic rings. The Hall–Kier alpha value is -1.19. The summed E-state index contributed by atoms with van der Waals surface area (Å²) in [4.78, 5) is 0. The quantitative estimate of drug-likeness (QED) is 0.829. The number of phenols is 1. The second-order valence-corrected chi connectivity index (χ2v) is 5.49. The van der Waals surface area contributed by atoms with E-state index in [1.165, 1.54) is 0 Å². The van der Waals surface area contributed by atoms with Gasteiger partial charge in [-0.1, -0.05) is 25.4 Å². The predicted molar refractivity (Wildman–Crippen MR) is 72.4 cm³/mol. The zero-order valence-corrected chi connectivity index (χ0v) is 11.3. The summed E-state index contributed by atoms with van der Waals surface area (Å²) in [6.07, 6.45) is 0.884. The van der Waals surface area contributed by atoms with Crippen LogP contribution in [0.5, 0.6) is 5.75 Å². The minimum Gasteiger partial charge on any atom is -0.507 e. The molecule has 3 rings (SSSR count). The highest BCUT2D eigenvalue weighted by molar-refractivity contribution is 6.32. The van der Waals surface area contributed by atoms with Crippen molar-refractivity contribution >= 4 is 22.6 Å². The van der Waals surface area contributed by atoms with Gasteiger partial charge in [0.15, 0.2) is 0 Å². The van der Waals surface area contributed by atoms with Crippen molar-refractivity contribution in [2.75, 3.05) is 6.54 Å². The third kappa shape index (κ3) is 1.62. The Bertz CT molecular complexity index is 616. The summed E-state index contributed by atoms with van der Waals surface area (Å²) in [5.74, 6) is 1.42. The molecule has 4 heteroatoms. The van der Waals surface area contributed by atoms with Crippen LogP contribution in [0.1, 0.15) is 36.7 Å². The highest BCUT2D eigenvalue weighted by Crippen LogP contribution is 2.42. The van der Waals surface area contributed by atoms with Crippen molar-refractivity contribution in [3.8, 4) is 5.75 Å². The Kier molecular flexibility index (Phi) is 2.76. The molecule has 0 fully saturated rings. The van der Waals surface area contributed by atoms with Crippen molar-refractivity contribution < 1.29 is 9.52 Å². The van der Waals surface area contributed by atoms with Gasteiger partial charge in [0, 0.05) is 11.1 Å². The zero-order valence-electron chi connectivity index (χ0n) is 10.5. The van der Waals surface area contributed by atoms with E-state index in [0.717, 1.165) is 47.4 Å². The second-order valence-electron chi connectivity index (χ2n) is 5.08. The number of rotatable bonds is 1. The Balaban J connectivity index is 2.39. The number of fused-ring (bicyclic) bond motifs is 3. The summed E-state index contributed by atoms with van der Waals surface area (Å²) in [6, 6.07) is 1.64. The Labute approximate surface area is 111 Å². The maximum absolute atomic E-state index is 10.1. The van der Waals surface area contributed by atoms with Crippen LogP contribution in [0.2, 0.25) is 5.02 Å². The van der Waals surface area contributed by atoms with E-state index < -0.39 is 0 Å². The number of benzene rings is 1. The smallest absolute Gasteiger partial charge is 0.143 e. The summed E-state index contributed by atoms with van der Waals surface area (Å²) in [5.41, 5.74) is 2.86. The summed E-state index contributed by atoms with van der Waals surface area (Å²) in [5, 5.41) is 14.8. The molecule has 0 atom stereocenters. The number of phenolic OH excluding ortho intramolecular Hbond substituents is 1. The van der Waals surface area contributed by atoms with E-state index in [0.29, 0.717) is 5.02 Å². The first-order valence-corrected chi connectivity index (χ1v) is 6.63. The van der Waals surface area contributed by atoms with Gasteiger partial charge in [0.05, 0.1) is 17.0 Å². The minimum atomic E-state index is 0.228. The van der Waals surface area contributed by atoms with Gasteiger partial charge in [-0.25, -0.2) is 0 Å². The monoisotopic (exact) mass is 265 g/mol. The van der Waals surface area contributed by atoms with E-state index in [-0.39, 0.29) is 11.7 Å². The van der Waals surface area contributed by atoms with Crippen LogP contribution in [-0.2, 0) is 13.0 Å². The van der Waals surface area contributed by atoms with E-state index in [1.807, 2.05) is 0 Å². The molecule has 0 saturated heterocycles. The number of hydrogen-bond donors (Lipinski definition) is 2. The summed E-state index contributed by atoms with van der Waals surface area (Å²) in [6.45, 7) is 5.80. The molecule has 1 aromatic heterocycles. The molecule has 2 heterocycles. The van der Waals surface area contributed by atoms with Gasteiger partial charge in [0.1, 0.15) is 17.1 Å². The number of hydrogen-bond acceptors (Lipinski definition) is 3. The maximum Gasteiger partial charge on any atom is 0.143 e. The van der Waals surface area contributed by atoms with Crippen LogP contribution in [0.15, 0.2) is 10.5 Å². The first-order chi connectivity index (χ1) is 8.59. The summed E-state index contributed by atoms with van der Waals surface area (Å²) in [7, 11) is 0. The second kappa shape index (κ2) is 4.18. The Morgan fingerprint density at radius 2 is 2.22 bits per heavy atom. The first-order valence-electron chi connectivity index (χ1n) is 6.26. The lowest BCUT2D eigenvalue weighted by Crippen LogP contribution is -2.22. The normalized spacial score (nSPS) is 15.3. The van der Waals surface area contributed by atoms with Crippen LogP contribution < -0.4 is 5.32 Å².